The van der Waals surface area contributed by atoms with Crippen molar-refractivity contribution in [2.24, 2.45) is 0 Å². The van der Waals surface area contributed by atoms with Gasteiger partial charge in [-0.15, -0.1) is 11.8 Å². The first-order valence-corrected chi connectivity index (χ1v) is 9.02. The molecule has 0 N–H and O–H groups in total. The SMILES string of the molecule is CCCCCCCCCC1CCc2ccccc2S1. The zero-order chi connectivity index (χ0) is 13.3. The molecule has 1 unspecified atom stereocenters. The van der Waals surface area contributed by atoms with Gasteiger partial charge < -0.3 is 0 Å². The van der Waals surface area contributed by atoms with Crippen molar-refractivity contribution in [2.75, 3.05) is 0 Å². The lowest BCUT2D eigenvalue weighted by molar-refractivity contribution is 0.559. The van der Waals surface area contributed by atoms with Gasteiger partial charge in [-0.25, -0.2) is 0 Å². The molecule has 0 aliphatic carbocycles. The Balaban J connectivity index is 1.58. The van der Waals surface area contributed by atoms with E-state index in [2.05, 4.69) is 43.0 Å². The summed E-state index contributed by atoms with van der Waals surface area (Å²) >= 11 is 2.13. The van der Waals surface area contributed by atoms with E-state index in [1.54, 1.807) is 10.5 Å². The Morgan fingerprint density at radius 2 is 1.74 bits per heavy atom. The summed E-state index contributed by atoms with van der Waals surface area (Å²) in [6.07, 6.45) is 14.1. The van der Waals surface area contributed by atoms with E-state index in [1.807, 2.05) is 0 Å². The zero-order valence-corrected chi connectivity index (χ0v) is 13.2. The van der Waals surface area contributed by atoms with Crippen LogP contribution in [0.25, 0.3) is 0 Å². The van der Waals surface area contributed by atoms with Crippen LogP contribution >= 0.6 is 11.8 Å². The standard InChI is InChI=1S/C18H28S/c1-2-3-4-5-6-7-8-12-17-15-14-16-11-9-10-13-18(16)19-17/h9-11,13,17H,2-8,12,14-15H2,1H3. The molecule has 1 heteroatoms. The van der Waals surface area contributed by atoms with Gasteiger partial charge in [0.05, 0.1) is 0 Å². The number of hydrogen-bond donors (Lipinski definition) is 0. The molecule has 0 amide bonds. The van der Waals surface area contributed by atoms with Gasteiger partial charge in [0.2, 0.25) is 0 Å². The van der Waals surface area contributed by atoms with Crippen molar-refractivity contribution in [2.45, 2.75) is 81.3 Å². The number of fused-ring (bicyclic) bond motifs is 1. The zero-order valence-electron chi connectivity index (χ0n) is 12.4. The van der Waals surface area contributed by atoms with Gasteiger partial charge in [-0.05, 0) is 30.9 Å². The quantitative estimate of drug-likeness (QED) is 0.507. The van der Waals surface area contributed by atoms with Crippen molar-refractivity contribution in [3.63, 3.8) is 0 Å². The van der Waals surface area contributed by atoms with Gasteiger partial charge in [0.25, 0.3) is 0 Å². The van der Waals surface area contributed by atoms with Crippen LogP contribution in [0.2, 0.25) is 0 Å². The predicted octanol–water partition coefficient (Wildman–Crippen LogP) is 6.23. The van der Waals surface area contributed by atoms with Gasteiger partial charge in [-0.1, -0.05) is 70.1 Å². The van der Waals surface area contributed by atoms with Gasteiger partial charge in [0, 0.05) is 10.1 Å². The van der Waals surface area contributed by atoms with E-state index >= 15 is 0 Å². The summed E-state index contributed by atoms with van der Waals surface area (Å²) in [5.74, 6) is 0. The number of aryl methyl sites for hydroxylation is 1. The fraction of sp³-hybridized carbons (Fsp3) is 0.667. The minimum absolute atomic E-state index is 0.880. The maximum absolute atomic E-state index is 2.30. The van der Waals surface area contributed by atoms with E-state index < -0.39 is 0 Å². The molecule has 0 saturated carbocycles. The van der Waals surface area contributed by atoms with Crippen LogP contribution in [0.4, 0.5) is 0 Å². The van der Waals surface area contributed by atoms with Crippen molar-refractivity contribution in [3.05, 3.63) is 29.8 Å². The second-order valence-electron chi connectivity index (χ2n) is 5.80. The van der Waals surface area contributed by atoms with Gasteiger partial charge in [0.15, 0.2) is 0 Å². The lowest BCUT2D eigenvalue weighted by Crippen LogP contribution is -2.10. The van der Waals surface area contributed by atoms with Gasteiger partial charge >= 0.3 is 0 Å². The lowest BCUT2D eigenvalue weighted by atomic mass is 10.0. The van der Waals surface area contributed by atoms with Crippen molar-refractivity contribution in [3.8, 4) is 0 Å². The number of thioether (sulfide) groups is 1. The number of hydrogen-bond acceptors (Lipinski definition) is 1. The highest BCUT2D eigenvalue weighted by Crippen LogP contribution is 2.37. The predicted molar refractivity (Wildman–Crippen MR) is 87.0 cm³/mol. The van der Waals surface area contributed by atoms with Crippen molar-refractivity contribution in [1.82, 2.24) is 0 Å². The fourth-order valence-corrected chi connectivity index (χ4v) is 4.27. The Morgan fingerprint density at radius 3 is 2.58 bits per heavy atom. The summed E-state index contributed by atoms with van der Waals surface area (Å²) < 4.78 is 0. The Kier molecular flexibility index (Phi) is 6.84. The van der Waals surface area contributed by atoms with Crippen LogP contribution in [0.15, 0.2) is 29.2 Å². The first kappa shape index (κ1) is 15.0. The third-order valence-electron chi connectivity index (χ3n) is 4.13. The smallest absolute Gasteiger partial charge is 0.0107 e. The Bertz CT molecular complexity index is 358. The molecule has 0 aromatic heterocycles. The molecule has 0 nitrogen and oxygen atoms in total. The molecule has 1 aromatic rings. The normalized spacial score (nSPS) is 18.3. The van der Waals surface area contributed by atoms with Crippen LogP contribution in [-0.2, 0) is 6.42 Å². The topological polar surface area (TPSA) is 0 Å². The number of unbranched alkanes of at least 4 members (excludes halogenated alkanes) is 6. The summed E-state index contributed by atoms with van der Waals surface area (Å²) in [6.45, 7) is 2.29. The molecule has 1 aliphatic rings. The van der Waals surface area contributed by atoms with Gasteiger partial charge in [0.1, 0.15) is 0 Å². The van der Waals surface area contributed by atoms with E-state index in [0.29, 0.717) is 0 Å². The Labute approximate surface area is 123 Å². The van der Waals surface area contributed by atoms with Crippen LogP contribution in [-0.4, -0.2) is 5.25 Å². The molecule has 1 heterocycles. The summed E-state index contributed by atoms with van der Waals surface area (Å²) in [6, 6.07) is 8.96. The van der Waals surface area contributed by atoms with Crippen LogP contribution in [0.5, 0.6) is 0 Å². The summed E-state index contributed by atoms with van der Waals surface area (Å²) in [5.41, 5.74) is 1.57. The van der Waals surface area contributed by atoms with E-state index in [9.17, 15) is 0 Å². The van der Waals surface area contributed by atoms with E-state index in [0.717, 1.165) is 5.25 Å². The molecule has 0 saturated heterocycles. The molecule has 0 radical (unpaired) electrons. The lowest BCUT2D eigenvalue weighted by Gasteiger charge is -2.23. The van der Waals surface area contributed by atoms with Crippen molar-refractivity contribution < 1.29 is 0 Å². The average Bonchev–Trinajstić information content (AvgIpc) is 2.46. The van der Waals surface area contributed by atoms with Crippen molar-refractivity contribution in [1.29, 1.82) is 0 Å². The average molecular weight is 276 g/mol. The molecular formula is C18H28S. The van der Waals surface area contributed by atoms with Crippen LogP contribution in [0, 0.1) is 0 Å². The highest BCUT2D eigenvalue weighted by Gasteiger charge is 2.18. The summed E-state index contributed by atoms with van der Waals surface area (Å²) in [4.78, 5) is 1.54. The first-order chi connectivity index (χ1) is 9.40. The second kappa shape index (κ2) is 8.68. The second-order valence-corrected chi connectivity index (χ2v) is 7.14. The monoisotopic (exact) mass is 276 g/mol. The molecule has 2 rings (SSSR count). The molecule has 1 atom stereocenters. The molecule has 0 fully saturated rings. The van der Waals surface area contributed by atoms with Crippen LogP contribution in [0.1, 0.15) is 70.3 Å². The molecule has 0 bridgehead atoms. The fourth-order valence-electron chi connectivity index (χ4n) is 2.91. The molecule has 106 valence electrons. The highest BCUT2D eigenvalue weighted by molar-refractivity contribution is 8.00. The summed E-state index contributed by atoms with van der Waals surface area (Å²) in [5, 5.41) is 0.880. The third kappa shape index (κ3) is 5.22. The van der Waals surface area contributed by atoms with E-state index in [-0.39, 0.29) is 0 Å². The molecular weight excluding hydrogens is 248 g/mol. The maximum Gasteiger partial charge on any atom is 0.0107 e. The van der Waals surface area contributed by atoms with E-state index in [4.69, 9.17) is 0 Å². The summed E-state index contributed by atoms with van der Waals surface area (Å²) in [7, 11) is 0. The minimum Gasteiger partial charge on any atom is -0.122 e. The molecule has 0 spiro atoms. The minimum atomic E-state index is 0.880. The van der Waals surface area contributed by atoms with Crippen molar-refractivity contribution >= 4 is 11.8 Å². The van der Waals surface area contributed by atoms with Gasteiger partial charge in [-0.3, -0.25) is 0 Å². The van der Waals surface area contributed by atoms with Gasteiger partial charge in [-0.2, -0.15) is 0 Å². The Morgan fingerprint density at radius 1 is 1.00 bits per heavy atom. The van der Waals surface area contributed by atoms with Crippen LogP contribution < -0.4 is 0 Å². The molecule has 19 heavy (non-hydrogen) atoms. The van der Waals surface area contributed by atoms with E-state index in [1.165, 1.54) is 64.2 Å². The highest BCUT2D eigenvalue weighted by atomic mass is 32.2. The molecule has 1 aromatic carbocycles. The number of benzene rings is 1. The third-order valence-corrected chi connectivity index (χ3v) is 5.59. The molecule has 1 aliphatic heterocycles. The van der Waals surface area contributed by atoms with Crippen LogP contribution in [0.3, 0.4) is 0 Å². The maximum atomic E-state index is 2.30. The number of rotatable bonds is 8. The largest absolute Gasteiger partial charge is 0.122 e. The Hall–Kier alpha value is -0.430. The first-order valence-electron chi connectivity index (χ1n) is 8.14.